The number of rotatable bonds is 3. The van der Waals surface area contributed by atoms with Gasteiger partial charge in [0.15, 0.2) is 5.11 Å². The van der Waals surface area contributed by atoms with Crippen LogP contribution in [-0.2, 0) is 0 Å². The van der Waals surface area contributed by atoms with E-state index in [9.17, 15) is 0 Å². The molecular weight excluding hydrogens is 287 g/mol. The highest BCUT2D eigenvalue weighted by molar-refractivity contribution is 7.80. The van der Waals surface area contributed by atoms with Crippen LogP contribution in [0.4, 0.5) is 5.69 Å². The average Bonchev–Trinajstić information content (AvgIpc) is 2.12. The first-order valence-electron chi connectivity index (χ1n) is 4.31. The van der Waals surface area contributed by atoms with Gasteiger partial charge in [0.25, 0.3) is 0 Å². The van der Waals surface area contributed by atoms with Crippen molar-refractivity contribution in [3.8, 4) is 0 Å². The SMILES string of the molecule is C=C(Cl)CNC(=S)Nc1cc(Cl)cc(Cl)c1. The van der Waals surface area contributed by atoms with Gasteiger partial charge in [0, 0.05) is 20.8 Å². The molecule has 0 radical (unpaired) electrons. The summed E-state index contributed by atoms with van der Waals surface area (Å²) in [5, 5.41) is 7.80. The Kier molecular flexibility index (Phi) is 5.35. The number of hydrogen-bond acceptors (Lipinski definition) is 1. The third-order valence-corrected chi connectivity index (χ3v) is 2.38. The van der Waals surface area contributed by atoms with Gasteiger partial charge in [0.1, 0.15) is 0 Å². The number of hydrogen-bond donors (Lipinski definition) is 2. The van der Waals surface area contributed by atoms with Gasteiger partial charge < -0.3 is 10.6 Å². The Morgan fingerprint density at radius 2 is 1.81 bits per heavy atom. The van der Waals surface area contributed by atoms with Crippen molar-refractivity contribution >= 4 is 57.8 Å². The molecule has 0 spiro atoms. The van der Waals surface area contributed by atoms with Crippen molar-refractivity contribution in [3.05, 3.63) is 39.9 Å². The zero-order valence-corrected chi connectivity index (χ0v) is 11.3. The highest BCUT2D eigenvalue weighted by atomic mass is 35.5. The average molecular weight is 296 g/mol. The predicted molar refractivity (Wildman–Crippen MR) is 75.7 cm³/mol. The van der Waals surface area contributed by atoms with E-state index in [1.807, 2.05) is 0 Å². The summed E-state index contributed by atoms with van der Waals surface area (Å²) in [5.74, 6) is 0. The van der Waals surface area contributed by atoms with Gasteiger partial charge in [-0.1, -0.05) is 41.4 Å². The van der Waals surface area contributed by atoms with E-state index >= 15 is 0 Å². The van der Waals surface area contributed by atoms with Gasteiger partial charge in [0.2, 0.25) is 0 Å². The first-order chi connectivity index (χ1) is 7.47. The monoisotopic (exact) mass is 294 g/mol. The van der Waals surface area contributed by atoms with Crippen LogP contribution in [0.5, 0.6) is 0 Å². The number of anilines is 1. The minimum absolute atomic E-state index is 0.404. The topological polar surface area (TPSA) is 24.1 Å². The molecule has 0 fully saturated rings. The van der Waals surface area contributed by atoms with Crippen LogP contribution in [0.25, 0.3) is 0 Å². The smallest absolute Gasteiger partial charge is 0.171 e. The standard InChI is InChI=1S/C10H9Cl3N2S/c1-6(11)5-14-10(16)15-9-3-7(12)2-8(13)4-9/h2-4H,1,5H2,(H2,14,15,16). The van der Waals surface area contributed by atoms with Crippen LogP contribution in [0, 0.1) is 0 Å². The van der Waals surface area contributed by atoms with E-state index in [1.165, 1.54) is 0 Å². The molecule has 0 saturated heterocycles. The minimum atomic E-state index is 0.404. The van der Waals surface area contributed by atoms with E-state index in [0.29, 0.717) is 26.7 Å². The van der Waals surface area contributed by atoms with E-state index in [1.54, 1.807) is 18.2 Å². The van der Waals surface area contributed by atoms with Gasteiger partial charge in [-0.3, -0.25) is 0 Å². The second kappa shape index (κ2) is 6.30. The third kappa shape index (κ3) is 5.03. The Morgan fingerprint density at radius 1 is 1.25 bits per heavy atom. The van der Waals surface area contributed by atoms with Crippen LogP contribution >= 0.6 is 47.0 Å². The number of benzene rings is 1. The molecule has 0 aliphatic rings. The normalized spacial score (nSPS) is 9.69. The number of nitrogens with one attached hydrogen (secondary N) is 2. The van der Waals surface area contributed by atoms with Crippen LogP contribution in [0.1, 0.15) is 0 Å². The van der Waals surface area contributed by atoms with E-state index in [4.69, 9.17) is 47.0 Å². The molecule has 0 unspecified atom stereocenters. The van der Waals surface area contributed by atoms with Crippen molar-refractivity contribution in [1.29, 1.82) is 0 Å². The molecule has 0 aliphatic carbocycles. The van der Waals surface area contributed by atoms with Gasteiger partial charge in [0.05, 0.1) is 6.54 Å². The van der Waals surface area contributed by atoms with Crippen molar-refractivity contribution in [1.82, 2.24) is 5.32 Å². The minimum Gasteiger partial charge on any atom is -0.357 e. The molecule has 0 bridgehead atoms. The molecule has 1 rings (SSSR count). The summed E-state index contributed by atoms with van der Waals surface area (Å²) in [6, 6.07) is 5.08. The third-order valence-electron chi connectivity index (χ3n) is 1.56. The second-order valence-corrected chi connectivity index (χ2v) is 4.80. The molecule has 16 heavy (non-hydrogen) atoms. The van der Waals surface area contributed by atoms with Crippen LogP contribution in [0.15, 0.2) is 29.8 Å². The number of halogens is 3. The molecule has 0 atom stereocenters. The molecule has 1 aromatic carbocycles. The summed E-state index contributed by atoms with van der Waals surface area (Å²) >= 11 is 22.3. The van der Waals surface area contributed by atoms with Gasteiger partial charge in [-0.25, -0.2) is 0 Å². The fraction of sp³-hybridized carbons (Fsp3) is 0.100. The maximum Gasteiger partial charge on any atom is 0.171 e. The van der Waals surface area contributed by atoms with Crippen molar-refractivity contribution in [2.45, 2.75) is 0 Å². The summed E-state index contributed by atoms with van der Waals surface area (Å²) in [6.45, 7) is 3.94. The molecule has 1 aromatic rings. The Labute approximate surface area is 115 Å². The maximum absolute atomic E-state index is 5.84. The molecule has 0 amide bonds. The largest absolute Gasteiger partial charge is 0.357 e. The highest BCUT2D eigenvalue weighted by Gasteiger charge is 2.00. The molecule has 86 valence electrons. The fourth-order valence-corrected chi connectivity index (χ4v) is 1.76. The summed E-state index contributed by atoms with van der Waals surface area (Å²) in [7, 11) is 0. The molecule has 0 aliphatic heterocycles. The van der Waals surface area contributed by atoms with Crippen molar-refractivity contribution < 1.29 is 0 Å². The lowest BCUT2D eigenvalue weighted by Gasteiger charge is -2.10. The predicted octanol–water partition coefficient (Wildman–Crippen LogP) is 4.03. The molecule has 0 heterocycles. The van der Waals surface area contributed by atoms with Crippen molar-refractivity contribution in [2.75, 3.05) is 11.9 Å². The number of thiocarbonyl (C=S) groups is 1. The van der Waals surface area contributed by atoms with Gasteiger partial charge >= 0.3 is 0 Å². The van der Waals surface area contributed by atoms with Crippen LogP contribution in [0.2, 0.25) is 10.0 Å². The fourth-order valence-electron chi connectivity index (χ4n) is 0.977. The van der Waals surface area contributed by atoms with Crippen molar-refractivity contribution in [2.24, 2.45) is 0 Å². The summed E-state index contributed by atoms with van der Waals surface area (Å²) in [6.07, 6.45) is 0. The van der Waals surface area contributed by atoms with Gasteiger partial charge in [-0.05, 0) is 30.4 Å². The van der Waals surface area contributed by atoms with Crippen LogP contribution in [0.3, 0.4) is 0 Å². The Morgan fingerprint density at radius 3 is 2.31 bits per heavy atom. The Hall–Kier alpha value is -0.480. The van der Waals surface area contributed by atoms with E-state index < -0.39 is 0 Å². The van der Waals surface area contributed by atoms with E-state index in [0.717, 1.165) is 5.69 Å². The van der Waals surface area contributed by atoms with E-state index in [-0.39, 0.29) is 0 Å². The summed E-state index contributed by atoms with van der Waals surface area (Å²) < 4.78 is 0. The molecule has 2 N–H and O–H groups in total. The molecular formula is C10H9Cl3N2S. The van der Waals surface area contributed by atoms with Crippen molar-refractivity contribution in [3.63, 3.8) is 0 Å². The lowest BCUT2D eigenvalue weighted by molar-refractivity contribution is 1.05. The van der Waals surface area contributed by atoms with Gasteiger partial charge in [-0.2, -0.15) is 0 Å². The van der Waals surface area contributed by atoms with Crippen LogP contribution in [-0.4, -0.2) is 11.7 Å². The highest BCUT2D eigenvalue weighted by Crippen LogP contribution is 2.22. The maximum atomic E-state index is 5.84. The van der Waals surface area contributed by atoms with Gasteiger partial charge in [-0.15, -0.1) is 0 Å². The quantitative estimate of drug-likeness (QED) is 0.823. The lowest BCUT2D eigenvalue weighted by atomic mass is 10.3. The molecule has 0 aromatic heterocycles. The summed E-state index contributed by atoms with van der Waals surface area (Å²) in [5.41, 5.74) is 0.718. The first-order valence-corrected chi connectivity index (χ1v) is 5.86. The lowest BCUT2D eigenvalue weighted by Crippen LogP contribution is -2.29. The Bertz CT molecular complexity index is 400. The molecule has 0 saturated carbocycles. The zero-order valence-electron chi connectivity index (χ0n) is 8.19. The first kappa shape index (κ1) is 13.6. The zero-order chi connectivity index (χ0) is 12.1. The Balaban J connectivity index is 2.59. The second-order valence-electron chi connectivity index (χ2n) is 2.98. The summed E-state index contributed by atoms with van der Waals surface area (Å²) in [4.78, 5) is 0. The molecule has 2 nitrogen and oxygen atoms in total. The van der Waals surface area contributed by atoms with Crippen LogP contribution < -0.4 is 10.6 Å². The molecule has 6 heteroatoms. The van der Waals surface area contributed by atoms with E-state index in [2.05, 4.69) is 17.2 Å².